The van der Waals surface area contributed by atoms with Crippen LogP contribution in [0.4, 0.5) is 0 Å². The molecule has 0 fully saturated rings. The first-order valence-electron chi connectivity index (χ1n) is 13.5. The largest absolute Gasteiger partial charge is 0.458 e. The number of aryl methyl sites for hydroxylation is 1. The molecule has 0 saturated carbocycles. The number of hydrogen-bond acceptors (Lipinski definition) is 9. The Hall–Kier alpha value is -3.96. The maximum atomic E-state index is 13.7. The fraction of sp³-hybridized carbons (Fsp3) is 0.448. The molecular formula is C29H29N3O8. The first-order valence-corrected chi connectivity index (χ1v) is 13.5. The number of fused-ring (bicyclic) bond motifs is 7. The highest BCUT2D eigenvalue weighted by atomic mass is 16.7. The summed E-state index contributed by atoms with van der Waals surface area (Å²) in [6.45, 7) is 4.82. The van der Waals surface area contributed by atoms with Gasteiger partial charge < -0.3 is 34.3 Å². The van der Waals surface area contributed by atoms with E-state index in [-0.39, 0.29) is 55.6 Å². The van der Waals surface area contributed by atoms with Crippen LogP contribution in [0.5, 0.6) is 11.5 Å². The number of aromatic nitrogens is 2. The maximum Gasteiger partial charge on any atom is 0.343 e. The first-order chi connectivity index (χ1) is 19.1. The fourth-order valence-electron chi connectivity index (χ4n) is 6.36. The van der Waals surface area contributed by atoms with Crippen LogP contribution in [-0.4, -0.2) is 45.0 Å². The zero-order valence-corrected chi connectivity index (χ0v) is 22.4. The molecule has 1 unspecified atom stereocenters. The van der Waals surface area contributed by atoms with Crippen LogP contribution in [0.3, 0.4) is 0 Å². The maximum absolute atomic E-state index is 13.7. The van der Waals surface area contributed by atoms with Crippen molar-refractivity contribution in [3.05, 3.63) is 50.3 Å². The van der Waals surface area contributed by atoms with E-state index in [1.54, 1.807) is 31.4 Å². The molecule has 4 aliphatic rings. The number of carbonyl (C=O) groups is 2. The van der Waals surface area contributed by atoms with E-state index in [4.69, 9.17) is 19.2 Å². The van der Waals surface area contributed by atoms with E-state index in [0.29, 0.717) is 41.2 Å². The molecule has 0 bridgehead atoms. The number of cyclic esters (lactones) is 1. The summed E-state index contributed by atoms with van der Waals surface area (Å²) in [4.78, 5) is 44.5. The molecular weight excluding hydrogens is 518 g/mol. The standard InChI is InChI=1S/C29H29N3O8/c1-4-29(37)16-7-19-23-14(9-32(19)25(34)15(16)10-38-27(29)36)22-17(31-26(35)28(2,3)11-33)6-5-13-21(22)18(30-23)8-20-24(13)40-12-39-20/h7-8,17,33,37H,4-6,9-12H2,1-3H3,(H,31,35)/t17?,29-/m0/s1. The normalized spacial score (nSPS) is 22.0. The third-order valence-electron chi connectivity index (χ3n) is 8.80. The Labute approximate surface area is 228 Å². The SMILES string of the molecule is CC[C@@]1(O)C(=O)OCc2c1cc1n(c2=O)Cc2c-1nc1cc3c(c4c1c2C(NC(=O)C(C)(C)CO)CC4)OCO3. The summed E-state index contributed by atoms with van der Waals surface area (Å²) in [6.07, 6.45) is 1.24. The highest BCUT2D eigenvalue weighted by Crippen LogP contribution is 2.50. The summed E-state index contributed by atoms with van der Waals surface area (Å²) in [5.74, 6) is 0.199. The van der Waals surface area contributed by atoms with Crippen LogP contribution in [0.2, 0.25) is 0 Å². The van der Waals surface area contributed by atoms with Crippen molar-refractivity contribution in [1.82, 2.24) is 14.9 Å². The smallest absolute Gasteiger partial charge is 0.343 e. The minimum atomic E-state index is -1.93. The predicted molar refractivity (Wildman–Crippen MR) is 141 cm³/mol. The average Bonchev–Trinajstić information content (AvgIpc) is 3.57. The molecule has 208 valence electrons. The van der Waals surface area contributed by atoms with Gasteiger partial charge in [0.25, 0.3) is 5.56 Å². The molecule has 1 amide bonds. The summed E-state index contributed by atoms with van der Waals surface area (Å²) < 4.78 is 18.3. The van der Waals surface area contributed by atoms with Crippen molar-refractivity contribution in [2.45, 2.75) is 64.8 Å². The minimum absolute atomic E-state index is 0.0482. The second-order valence-corrected chi connectivity index (χ2v) is 11.5. The summed E-state index contributed by atoms with van der Waals surface area (Å²) in [5, 5.41) is 25.0. The number of nitrogens with zero attached hydrogens (tertiary/aromatic N) is 2. The lowest BCUT2D eigenvalue weighted by atomic mass is 9.82. The Balaban J connectivity index is 1.49. The number of esters is 1. The van der Waals surface area contributed by atoms with Gasteiger partial charge in [-0.2, -0.15) is 0 Å². The topological polar surface area (TPSA) is 149 Å². The molecule has 2 aromatic heterocycles. The van der Waals surface area contributed by atoms with Crippen molar-refractivity contribution < 1.29 is 34.0 Å². The third kappa shape index (κ3) is 3.18. The quantitative estimate of drug-likeness (QED) is 0.326. The minimum Gasteiger partial charge on any atom is -0.458 e. The fourth-order valence-corrected chi connectivity index (χ4v) is 6.36. The Morgan fingerprint density at radius 1 is 1.20 bits per heavy atom. The molecule has 5 heterocycles. The number of hydrogen-bond donors (Lipinski definition) is 3. The number of aliphatic hydroxyl groups is 2. The van der Waals surface area contributed by atoms with Crippen molar-refractivity contribution in [3.63, 3.8) is 0 Å². The molecule has 7 rings (SSSR count). The van der Waals surface area contributed by atoms with Crippen LogP contribution in [0.1, 0.15) is 67.5 Å². The van der Waals surface area contributed by atoms with Gasteiger partial charge in [0.15, 0.2) is 17.1 Å². The lowest BCUT2D eigenvalue weighted by Crippen LogP contribution is -2.44. The van der Waals surface area contributed by atoms with Gasteiger partial charge in [0.2, 0.25) is 12.7 Å². The van der Waals surface area contributed by atoms with Gasteiger partial charge in [-0.1, -0.05) is 6.92 Å². The average molecular weight is 548 g/mol. The number of pyridine rings is 2. The number of aliphatic hydroxyl groups excluding tert-OH is 1. The van der Waals surface area contributed by atoms with Crippen molar-refractivity contribution in [3.8, 4) is 22.9 Å². The lowest BCUT2D eigenvalue weighted by molar-refractivity contribution is -0.172. The third-order valence-corrected chi connectivity index (χ3v) is 8.80. The highest BCUT2D eigenvalue weighted by Gasteiger charge is 2.46. The molecule has 1 aromatic carbocycles. The van der Waals surface area contributed by atoms with Crippen molar-refractivity contribution in [2.24, 2.45) is 5.41 Å². The van der Waals surface area contributed by atoms with Gasteiger partial charge in [0, 0.05) is 28.1 Å². The lowest BCUT2D eigenvalue weighted by Gasteiger charge is -2.32. The van der Waals surface area contributed by atoms with E-state index in [0.717, 1.165) is 22.1 Å². The zero-order chi connectivity index (χ0) is 28.1. The first kappa shape index (κ1) is 25.0. The summed E-state index contributed by atoms with van der Waals surface area (Å²) in [7, 11) is 0. The summed E-state index contributed by atoms with van der Waals surface area (Å²) in [6, 6.07) is 3.09. The van der Waals surface area contributed by atoms with Crippen molar-refractivity contribution in [1.29, 1.82) is 0 Å². The van der Waals surface area contributed by atoms with E-state index < -0.39 is 23.0 Å². The van der Waals surface area contributed by atoms with Gasteiger partial charge in [-0.15, -0.1) is 0 Å². The summed E-state index contributed by atoms with van der Waals surface area (Å²) >= 11 is 0. The Morgan fingerprint density at radius 3 is 2.75 bits per heavy atom. The van der Waals surface area contributed by atoms with E-state index in [2.05, 4.69) is 5.32 Å². The van der Waals surface area contributed by atoms with Crippen LogP contribution < -0.4 is 20.3 Å². The van der Waals surface area contributed by atoms with Gasteiger partial charge in [0.1, 0.15) is 6.61 Å². The van der Waals surface area contributed by atoms with Gasteiger partial charge >= 0.3 is 5.97 Å². The number of ether oxygens (including phenoxy) is 3. The molecule has 1 aliphatic carbocycles. The number of amides is 1. The monoisotopic (exact) mass is 547 g/mol. The van der Waals surface area contributed by atoms with Gasteiger partial charge in [0.05, 0.1) is 47.1 Å². The van der Waals surface area contributed by atoms with E-state index in [1.165, 1.54) is 0 Å². The second kappa shape index (κ2) is 8.28. The molecule has 3 aliphatic heterocycles. The van der Waals surface area contributed by atoms with E-state index in [9.17, 15) is 24.6 Å². The number of carbonyl (C=O) groups excluding carboxylic acids is 2. The van der Waals surface area contributed by atoms with Crippen LogP contribution >= 0.6 is 0 Å². The van der Waals surface area contributed by atoms with Gasteiger partial charge in [-0.05, 0) is 44.7 Å². The molecule has 40 heavy (non-hydrogen) atoms. The molecule has 0 radical (unpaired) electrons. The molecule has 0 spiro atoms. The summed E-state index contributed by atoms with van der Waals surface area (Å²) in [5.41, 5.74) is 1.47. The van der Waals surface area contributed by atoms with Crippen molar-refractivity contribution >= 4 is 22.8 Å². The molecule has 11 heteroatoms. The molecule has 2 atom stereocenters. The molecule has 3 N–H and O–H groups in total. The molecule has 3 aromatic rings. The highest BCUT2D eigenvalue weighted by molar-refractivity contribution is 5.96. The van der Waals surface area contributed by atoms with E-state index >= 15 is 0 Å². The van der Waals surface area contributed by atoms with Crippen LogP contribution in [0.15, 0.2) is 16.9 Å². The van der Waals surface area contributed by atoms with Gasteiger partial charge in [-0.25, -0.2) is 9.78 Å². The number of rotatable bonds is 4. The second-order valence-electron chi connectivity index (χ2n) is 11.5. The van der Waals surface area contributed by atoms with Gasteiger partial charge in [-0.3, -0.25) is 9.59 Å². The Kier molecular flexibility index (Phi) is 5.18. The zero-order valence-electron chi connectivity index (χ0n) is 22.4. The van der Waals surface area contributed by atoms with Crippen LogP contribution in [-0.2, 0) is 39.5 Å². The van der Waals surface area contributed by atoms with Crippen LogP contribution in [0.25, 0.3) is 22.3 Å². The molecule has 11 nitrogen and oxygen atoms in total. The number of nitrogens with one attached hydrogen (secondary N) is 1. The predicted octanol–water partition coefficient (Wildman–Crippen LogP) is 1.93. The Morgan fingerprint density at radius 2 is 2.00 bits per heavy atom. The molecule has 0 saturated heterocycles. The Bertz CT molecular complexity index is 1730. The van der Waals surface area contributed by atoms with E-state index in [1.807, 2.05) is 6.07 Å². The van der Waals surface area contributed by atoms with Crippen molar-refractivity contribution in [2.75, 3.05) is 13.4 Å². The number of benzene rings is 1. The van der Waals surface area contributed by atoms with Crippen LogP contribution in [0, 0.1) is 5.41 Å².